The van der Waals surface area contributed by atoms with Crippen molar-refractivity contribution in [1.82, 2.24) is 0 Å². The predicted octanol–water partition coefficient (Wildman–Crippen LogP) is -1.04. The van der Waals surface area contributed by atoms with E-state index in [0.717, 1.165) is 0 Å². The monoisotopic (exact) mass is 198 g/mol. The minimum atomic E-state index is -1.58. The second-order valence-corrected chi connectivity index (χ2v) is 1.79. The first-order valence-corrected chi connectivity index (χ1v) is 3.55. The molecule has 0 aromatic rings. The van der Waals surface area contributed by atoms with Crippen LogP contribution in [-0.2, 0) is 6.03 Å². The Morgan fingerprint density at radius 2 is 2.50 bits per heavy atom. The Morgan fingerprint density at radius 3 is 2.67 bits per heavy atom. The number of aliphatic hydroxyl groups is 1. The van der Waals surface area contributed by atoms with Crippen molar-refractivity contribution >= 4 is 22.0 Å². The zero-order chi connectivity index (χ0) is 4.83. The summed E-state index contributed by atoms with van der Waals surface area (Å²) in [7, 11) is 0. The molecule has 0 heterocycles. The maximum absolute atomic E-state index is 9.51. The Hall–Kier alpha value is 0.538. The van der Waals surface area contributed by atoms with Gasteiger partial charge in [0.2, 0.25) is 0 Å². The Balaban J connectivity index is 2.49. The van der Waals surface area contributed by atoms with E-state index in [-0.39, 0.29) is 13.2 Å². The van der Waals surface area contributed by atoms with Gasteiger partial charge in [-0.2, -0.15) is 0 Å². The van der Waals surface area contributed by atoms with Gasteiger partial charge in [-0.1, -0.05) is 0 Å². The van der Waals surface area contributed by atoms with E-state index in [0.29, 0.717) is 0 Å². The zero-order valence-electron chi connectivity index (χ0n) is 3.13. The summed E-state index contributed by atoms with van der Waals surface area (Å²) in [5, 5.41) is 7.96. The topological polar surface area (TPSA) is 46.5 Å². The molecule has 1 N–H and O–H groups in total. The van der Waals surface area contributed by atoms with Gasteiger partial charge >= 0.3 is 46.4 Å². The van der Waals surface area contributed by atoms with Crippen molar-refractivity contribution in [3.63, 3.8) is 0 Å². The van der Waals surface area contributed by atoms with Gasteiger partial charge in [-0.25, -0.2) is 0 Å². The van der Waals surface area contributed by atoms with Crippen LogP contribution in [0.25, 0.3) is 0 Å². The van der Waals surface area contributed by atoms with Crippen LogP contribution >= 0.6 is 0 Å². The van der Waals surface area contributed by atoms with Gasteiger partial charge in [0, 0.05) is 0 Å². The van der Waals surface area contributed by atoms with Crippen LogP contribution in [0, 0.1) is 0 Å². The van der Waals surface area contributed by atoms with Crippen LogP contribution in [0.15, 0.2) is 0 Å². The SMILES string of the molecule is [O]=[Sb][O]CCO. The molecule has 6 heavy (non-hydrogen) atoms. The summed E-state index contributed by atoms with van der Waals surface area (Å²) in [6.45, 7) is 0.193. The molecule has 0 amide bonds. The summed E-state index contributed by atoms with van der Waals surface area (Å²) in [5.74, 6) is 0. The van der Waals surface area contributed by atoms with Crippen molar-refractivity contribution < 1.29 is 11.1 Å². The summed E-state index contributed by atoms with van der Waals surface area (Å²) in [6, 6.07) is 0. The molecule has 0 saturated carbocycles. The molecule has 0 saturated heterocycles. The Morgan fingerprint density at radius 1 is 1.83 bits per heavy atom. The normalized spacial score (nSPS) is 8.17. The van der Waals surface area contributed by atoms with Gasteiger partial charge < -0.3 is 0 Å². The van der Waals surface area contributed by atoms with Crippen LogP contribution in [0.5, 0.6) is 0 Å². The fraction of sp³-hybridized carbons (Fsp3) is 1.00. The standard InChI is InChI=1S/C2H5O2.O.Sb/c3-1-2-4;;/h3H,1-2H2;;/q-1;;+1. The number of aliphatic hydroxyl groups excluding tert-OH is 1. The van der Waals surface area contributed by atoms with Crippen molar-refractivity contribution in [2.75, 3.05) is 13.2 Å². The van der Waals surface area contributed by atoms with Gasteiger partial charge in [0.05, 0.1) is 0 Å². The molecule has 0 radical (unpaired) electrons. The van der Waals surface area contributed by atoms with Crippen LogP contribution < -0.4 is 0 Å². The summed E-state index contributed by atoms with van der Waals surface area (Å²) >= 11 is -1.58. The molecular weight excluding hydrogens is 194 g/mol. The van der Waals surface area contributed by atoms with Crippen molar-refractivity contribution in [1.29, 1.82) is 0 Å². The van der Waals surface area contributed by atoms with Gasteiger partial charge in [-0.05, 0) is 0 Å². The summed E-state index contributed by atoms with van der Waals surface area (Å²) in [5.41, 5.74) is 0. The Kier molecular flexibility index (Phi) is 6.03. The molecular formula is C2H5O3Sb. The third-order valence-corrected chi connectivity index (χ3v) is 1.06. The molecule has 0 fully saturated rings. The van der Waals surface area contributed by atoms with Gasteiger partial charge in [-0.15, -0.1) is 0 Å². The Bertz CT molecular complexity index is 37.8. The fourth-order valence-electron chi connectivity index (χ4n) is 0.0781. The number of hydrogen-bond donors (Lipinski definition) is 1. The van der Waals surface area contributed by atoms with E-state index in [4.69, 9.17) is 5.11 Å². The quantitative estimate of drug-likeness (QED) is 0.466. The van der Waals surface area contributed by atoms with Gasteiger partial charge in [0.1, 0.15) is 0 Å². The van der Waals surface area contributed by atoms with Crippen LogP contribution in [0.3, 0.4) is 0 Å². The molecule has 0 aromatic heterocycles. The average molecular weight is 199 g/mol. The number of rotatable bonds is 3. The third-order valence-electron chi connectivity index (χ3n) is 0.235. The van der Waals surface area contributed by atoms with Crippen molar-refractivity contribution in [3.8, 4) is 0 Å². The van der Waals surface area contributed by atoms with E-state index in [1.54, 1.807) is 0 Å². The molecule has 0 rings (SSSR count). The minimum absolute atomic E-state index is 0.0297. The third kappa shape index (κ3) is 4.54. The molecule has 0 aliphatic rings. The molecule has 36 valence electrons. The van der Waals surface area contributed by atoms with E-state index in [1.165, 1.54) is 0 Å². The Labute approximate surface area is 46.8 Å². The van der Waals surface area contributed by atoms with Crippen molar-refractivity contribution in [3.05, 3.63) is 0 Å². The fourth-order valence-corrected chi connectivity index (χ4v) is 0.524. The number of hydrogen-bond acceptors (Lipinski definition) is 3. The van der Waals surface area contributed by atoms with Crippen molar-refractivity contribution in [2.45, 2.75) is 0 Å². The van der Waals surface area contributed by atoms with E-state index in [9.17, 15) is 3.02 Å². The molecule has 0 aliphatic carbocycles. The molecule has 0 bridgehead atoms. The van der Waals surface area contributed by atoms with E-state index in [2.05, 4.69) is 3.02 Å². The van der Waals surface area contributed by atoms with Crippen LogP contribution in [-0.4, -0.2) is 40.3 Å². The van der Waals surface area contributed by atoms with E-state index in [1.807, 2.05) is 0 Å². The first-order chi connectivity index (χ1) is 2.91. The zero-order valence-corrected chi connectivity index (χ0v) is 5.68. The van der Waals surface area contributed by atoms with Crippen LogP contribution in [0.1, 0.15) is 0 Å². The maximum atomic E-state index is 9.51. The summed E-state index contributed by atoms with van der Waals surface area (Å²) in [4.78, 5) is 0. The molecule has 4 heteroatoms. The summed E-state index contributed by atoms with van der Waals surface area (Å²) in [6.07, 6.45) is 0. The van der Waals surface area contributed by atoms with Crippen LogP contribution in [0.2, 0.25) is 0 Å². The molecule has 0 spiro atoms. The molecule has 0 aromatic carbocycles. The van der Waals surface area contributed by atoms with Gasteiger partial charge in [0.15, 0.2) is 0 Å². The second kappa shape index (κ2) is 5.54. The molecule has 0 aliphatic heterocycles. The van der Waals surface area contributed by atoms with E-state index < -0.39 is 22.0 Å². The first kappa shape index (κ1) is 6.54. The molecule has 0 atom stereocenters. The van der Waals surface area contributed by atoms with Crippen molar-refractivity contribution in [2.24, 2.45) is 0 Å². The van der Waals surface area contributed by atoms with Gasteiger partial charge in [0.25, 0.3) is 0 Å². The molecule has 0 unspecified atom stereocenters. The van der Waals surface area contributed by atoms with Crippen LogP contribution in [0.4, 0.5) is 0 Å². The summed E-state index contributed by atoms with van der Waals surface area (Å²) < 4.78 is 13.8. The van der Waals surface area contributed by atoms with E-state index >= 15 is 0 Å². The first-order valence-electron chi connectivity index (χ1n) is 1.47. The predicted molar refractivity (Wildman–Crippen MR) is 19.5 cm³/mol. The second-order valence-electron chi connectivity index (χ2n) is 0.631. The average Bonchev–Trinajstić information content (AvgIpc) is 1.61. The van der Waals surface area contributed by atoms with Gasteiger partial charge in [-0.3, -0.25) is 0 Å². The molecule has 3 nitrogen and oxygen atoms in total.